The first-order valence-corrected chi connectivity index (χ1v) is 17.1. The maximum absolute atomic E-state index is 14.6. The minimum absolute atomic E-state index is 0.0366. The van der Waals surface area contributed by atoms with E-state index in [2.05, 4.69) is 5.32 Å². The zero-order valence-electron chi connectivity index (χ0n) is 26.9. The van der Waals surface area contributed by atoms with Gasteiger partial charge in [0, 0.05) is 19.0 Å². The Morgan fingerprint density at radius 1 is 0.804 bits per heavy atom. The van der Waals surface area contributed by atoms with Crippen molar-refractivity contribution in [2.75, 3.05) is 17.5 Å². The second kappa shape index (κ2) is 16.1. The number of hydrogen-bond acceptors (Lipinski definition) is 5. The van der Waals surface area contributed by atoms with E-state index in [9.17, 15) is 18.0 Å². The van der Waals surface area contributed by atoms with Gasteiger partial charge in [-0.15, -0.1) is 0 Å². The third-order valence-corrected chi connectivity index (χ3v) is 9.56. The van der Waals surface area contributed by atoms with E-state index in [1.54, 1.807) is 42.5 Å². The van der Waals surface area contributed by atoms with Crippen molar-refractivity contribution in [3.63, 3.8) is 0 Å². The lowest BCUT2D eigenvalue weighted by Crippen LogP contribution is -2.54. The zero-order valence-corrected chi connectivity index (χ0v) is 27.7. The smallest absolute Gasteiger partial charge is 0.264 e. The number of amides is 2. The van der Waals surface area contributed by atoms with Gasteiger partial charge in [-0.25, -0.2) is 8.42 Å². The van der Waals surface area contributed by atoms with Gasteiger partial charge in [-0.2, -0.15) is 0 Å². The van der Waals surface area contributed by atoms with Crippen molar-refractivity contribution in [1.82, 2.24) is 10.2 Å². The Morgan fingerprint density at radius 3 is 2.04 bits per heavy atom. The number of para-hydroxylation sites is 2. The van der Waals surface area contributed by atoms with Gasteiger partial charge in [0.1, 0.15) is 18.3 Å². The summed E-state index contributed by atoms with van der Waals surface area (Å²) in [5.74, 6) is -0.491. The zero-order chi connectivity index (χ0) is 33.1. The van der Waals surface area contributed by atoms with Gasteiger partial charge in [-0.3, -0.25) is 13.9 Å². The molecular formula is C37H43N3O5S. The number of carbonyl (C=O) groups excluding carboxylic acids is 2. The van der Waals surface area contributed by atoms with E-state index < -0.39 is 28.5 Å². The molecule has 0 spiro atoms. The van der Waals surface area contributed by atoms with Crippen LogP contribution in [0.3, 0.4) is 0 Å². The van der Waals surface area contributed by atoms with E-state index in [1.807, 2.05) is 82.3 Å². The third kappa shape index (κ3) is 8.75. The summed E-state index contributed by atoms with van der Waals surface area (Å²) in [4.78, 5) is 30.1. The monoisotopic (exact) mass is 641 g/mol. The molecule has 4 rings (SSSR count). The van der Waals surface area contributed by atoms with Crippen LogP contribution in [0, 0.1) is 6.92 Å². The van der Waals surface area contributed by atoms with Crippen LogP contribution in [0.1, 0.15) is 43.9 Å². The molecule has 0 bridgehead atoms. The van der Waals surface area contributed by atoms with Crippen molar-refractivity contribution >= 4 is 27.5 Å². The normalized spacial score (nSPS) is 12.5. The number of rotatable bonds is 15. The molecule has 0 heterocycles. The largest absolute Gasteiger partial charge is 0.492 e. The van der Waals surface area contributed by atoms with Crippen LogP contribution in [-0.2, 0) is 32.6 Å². The topological polar surface area (TPSA) is 96.0 Å². The highest BCUT2D eigenvalue weighted by molar-refractivity contribution is 7.92. The first-order chi connectivity index (χ1) is 22.1. The number of nitrogens with one attached hydrogen (secondary N) is 1. The SMILES string of the molecule is CCOc1ccccc1N(CC(=O)N(Cc1ccc(C)cc1)C(Cc1ccccc1)C(=O)NC(C)CC)S(=O)(=O)c1ccccc1. The van der Waals surface area contributed by atoms with E-state index >= 15 is 0 Å². The third-order valence-electron chi connectivity index (χ3n) is 7.79. The lowest BCUT2D eigenvalue weighted by Gasteiger charge is -2.34. The first kappa shape index (κ1) is 34.2. The molecule has 4 aromatic carbocycles. The van der Waals surface area contributed by atoms with Crippen LogP contribution in [0.5, 0.6) is 5.75 Å². The summed E-state index contributed by atoms with van der Waals surface area (Å²) in [5.41, 5.74) is 3.00. The van der Waals surface area contributed by atoms with E-state index in [0.717, 1.165) is 21.0 Å². The maximum Gasteiger partial charge on any atom is 0.264 e. The summed E-state index contributed by atoms with van der Waals surface area (Å²) in [6.45, 7) is 7.56. The van der Waals surface area contributed by atoms with Crippen molar-refractivity contribution in [1.29, 1.82) is 0 Å². The fourth-order valence-electron chi connectivity index (χ4n) is 5.06. The molecule has 0 fully saturated rings. The van der Waals surface area contributed by atoms with Crippen molar-refractivity contribution in [3.8, 4) is 5.75 Å². The first-order valence-electron chi connectivity index (χ1n) is 15.6. The average molecular weight is 642 g/mol. The van der Waals surface area contributed by atoms with E-state index in [-0.39, 0.29) is 35.5 Å². The molecule has 242 valence electrons. The molecule has 4 aromatic rings. The summed E-state index contributed by atoms with van der Waals surface area (Å²) in [5, 5.41) is 3.06. The number of hydrogen-bond donors (Lipinski definition) is 1. The Balaban J connectivity index is 1.83. The molecule has 1 N–H and O–H groups in total. The number of aryl methyl sites for hydroxylation is 1. The molecule has 0 aliphatic rings. The summed E-state index contributed by atoms with van der Waals surface area (Å²) >= 11 is 0. The Morgan fingerprint density at radius 2 is 1.41 bits per heavy atom. The number of sulfonamides is 1. The molecule has 0 aliphatic heterocycles. The number of nitrogens with zero attached hydrogens (tertiary/aromatic N) is 2. The van der Waals surface area contributed by atoms with Gasteiger partial charge < -0.3 is 15.0 Å². The fraction of sp³-hybridized carbons (Fsp3) is 0.297. The van der Waals surface area contributed by atoms with Crippen LogP contribution in [0.2, 0.25) is 0 Å². The Kier molecular flexibility index (Phi) is 12.0. The second-order valence-corrected chi connectivity index (χ2v) is 13.1. The van der Waals surface area contributed by atoms with E-state index in [1.165, 1.54) is 17.0 Å². The maximum atomic E-state index is 14.6. The highest BCUT2D eigenvalue weighted by Crippen LogP contribution is 2.33. The average Bonchev–Trinajstić information content (AvgIpc) is 3.07. The highest BCUT2D eigenvalue weighted by Gasteiger charge is 2.35. The van der Waals surface area contributed by atoms with Crippen molar-refractivity contribution in [2.45, 2.75) is 64.1 Å². The molecular weight excluding hydrogens is 598 g/mol. The van der Waals surface area contributed by atoms with Gasteiger partial charge in [0.15, 0.2) is 0 Å². The summed E-state index contributed by atoms with van der Waals surface area (Å²) in [7, 11) is -4.22. The number of carbonyl (C=O) groups is 2. The molecule has 8 nitrogen and oxygen atoms in total. The van der Waals surface area contributed by atoms with Crippen LogP contribution in [0.15, 0.2) is 114 Å². The van der Waals surface area contributed by atoms with Crippen molar-refractivity contribution in [3.05, 3.63) is 126 Å². The highest BCUT2D eigenvalue weighted by atomic mass is 32.2. The molecule has 0 aromatic heterocycles. The van der Waals surface area contributed by atoms with Gasteiger partial charge in [-0.05, 0) is 62.6 Å². The molecule has 9 heteroatoms. The molecule has 2 unspecified atom stereocenters. The van der Waals surface area contributed by atoms with Gasteiger partial charge >= 0.3 is 0 Å². The Labute approximate surface area is 273 Å². The number of benzene rings is 4. The molecule has 2 atom stereocenters. The molecule has 0 radical (unpaired) electrons. The summed E-state index contributed by atoms with van der Waals surface area (Å²) in [6.07, 6.45) is 0.967. The molecule has 0 aliphatic carbocycles. The van der Waals surface area contributed by atoms with Crippen LogP contribution in [0.4, 0.5) is 5.69 Å². The van der Waals surface area contributed by atoms with E-state index in [0.29, 0.717) is 18.8 Å². The predicted molar refractivity (Wildman–Crippen MR) is 182 cm³/mol. The van der Waals surface area contributed by atoms with Crippen LogP contribution >= 0.6 is 0 Å². The Hall–Kier alpha value is -4.63. The minimum atomic E-state index is -4.22. The standard InChI is InChI=1S/C37H43N3O5S/c1-5-29(4)38-37(42)34(25-30-15-9-7-10-16-30)39(26-31-23-21-28(3)22-24-31)36(41)27-40(33-19-13-14-20-35(33)45-6-2)46(43,44)32-17-11-8-12-18-32/h7-24,29,34H,5-6,25-27H2,1-4H3,(H,38,42). The quantitative estimate of drug-likeness (QED) is 0.168. The lowest BCUT2D eigenvalue weighted by molar-refractivity contribution is -0.140. The molecule has 2 amide bonds. The summed E-state index contributed by atoms with van der Waals surface area (Å²) < 4.78 is 35.4. The van der Waals surface area contributed by atoms with Gasteiger partial charge in [0.2, 0.25) is 11.8 Å². The number of ether oxygens (including phenoxy) is 1. The second-order valence-electron chi connectivity index (χ2n) is 11.3. The Bertz CT molecular complexity index is 1680. The van der Waals surface area contributed by atoms with Gasteiger partial charge in [0.05, 0.1) is 17.2 Å². The fourth-order valence-corrected chi connectivity index (χ4v) is 6.50. The summed E-state index contributed by atoms with van der Waals surface area (Å²) in [6, 6.07) is 31.0. The van der Waals surface area contributed by atoms with Gasteiger partial charge in [0.25, 0.3) is 10.0 Å². The van der Waals surface area contributed by atoms with Crippen LogP contribution < -0.4 is 14.4 Å². The molecule has 0 saturated heterocycles. The van der Waals surface area contributed by atoms with Crippen LogP contribution in [-0.4, -0.2) is 50.4 Å². The van der Waals surface area contributed by atoms with E-state index in [4.69, 9.17) is 4.74 Å². The number of anilines is 1. The van der Waals surface area contributed by atoms with Gasteiger partial charge in [-0.1, -0.05) is 97.4 Å². The molecule has 46 heavy (non-hydrogen) atoms. The predicted octanol–water partition coefficient (Wildman–Crippen LogP) is 6.14. The molecule has 0 saturated carbocycles. The van der Waals surface area contributed by atoms with Crippen LogP contribution in [0.25, 0.3) is 0 Å². The minimum Gasteiger partial charge on any atom is -0.492 e. The van der Waals surface area contributed by atoms with Crippen molar-refractivity contribution in [2.24, 2.45) is 0 Å². The lowest BCUT2D eigenvalue weighted by atomic mass is 10.0. The van der Waals surface area contributed by atoms with Crippen molar-refractivity contribution < 1.29 is 22.7 Å².